The Kier molecular flexibility index (Phi) is 5.79. The van der Waals surface area contributed by atoms with Crippen LogP contribution in [0.4, 0.5) is 0 Å². The number of nitrogens with zero attached hydrogens (tertiary/aromatic N) is 2. The summed E-state index contributed by atoms with van der Waals surface area (Å²) in [6, 6.07) is 1.14. The predicted octanol–water partition coefficient (Wildman–Crippen LogP) is 3.30. The molecule has 1 fully saturated rings. The van der Waals surface area contributed by atoms with Crippen LogP contribution in [0.3, 0.4) is 0 Å². The van der Waals surface area contributed by atoms with E-state index in [0.717, 1.165) is 25.4 Å². The standard InChI is InChI=1S/C15H27N3S/c1-4-14(15-17-7-9-19-15)18-8-5-6-16-13(11-18)10-12(2)3/h7,9,12-14,16H,4-6,8,10-11H2,1-3H3. The van der Waals surface area contributed by atoms with Crippen molar-refractivity contribution in [1.82, 2.24) is 15.2 Å². The lowest BCUT2D eigenvalue weighted by atomic mass is 10.0. The van der Waals surface area contributed by atoms with Gasteiger partial charge in [-0.3, -0.25) is 4.90 Å². The van der Waals surface area contributed by atoms with Gasteiger partial charge in [0.1, 0.15) is 5.01 Å². The van der Waals surface area contributed by atoms with Crippen LogP contribution in [0.25, 0.3) is 0 Å². The second kappa shape index (κ2) is 7.36. The minimum Gasteiger partial charge on any atom is -0.313 e. The number of thiazole rings is 1. The van der Waals surface area contributed by atoms with Crippen LogP contribution in [0.5, 0.6) is 0 Å². The van der Waals surface area contributed by atoms with Gasteiger partial charge in [-0.2, -0.15) is 0 Å². The number of rotatable bonds is 5. The Bertz CT molecular complexity index is 350. The maximum Gasteiger partial charge on any atom is 0.110 e. The molecule has 0 amide bonds. The van der Waals surface area contributed by atoms with Crippen molar-refractivity contribution in [2.45, 2.75) is 52.1 Å². The topological polar surface area (TPSA) is 28.2 Å². The number of aromatic nitrogens is 1. The lowest BCUT2D eigenvalue weighted by Crippen LogP contribution is -2.40. The quantitative estimate of drug-likeness (QED) is 0.897. The maximum atomic E-state index is 4.54. The van der Waals surface area contributed by atoms with Gasteiger partial charge in [0.15, 0.2) is 0 Å². The summed E-state index contributed by atoms with van der Waals surface area (Å²) < 4.78 is 0. The van der Waals surface area contributed by atoms with E-state index in [-0.39, 0.29) is 0 Å². The van der Waals surface area contributed by atoms with Crippen molar-refractivity contribution in [3.05, 3.63) is 16.6 Å². The molecule has 1 aliphatic rings. The van der Waals surface area contributed by atoms with Crippen LogP contribution in [0.1, 0.15) is 51.1 Å². The van der Waals surface area contributed by atoms with E-state index in [1.807, 2.05) is 6.20 Å². The number of hydrogen-bond acceptors (Lipinski definition) is 4. The Labute approximate surface area is 121 Å². The summed E-state index contributed by atoms with van der Waals surface area (Å²) >= 11 is 1.80. The molecular weight excluding hydrogens is 254 g/mol. The highest BCUT2D eigenvalue weighted by molar-refractivity contribution is 7.09. The van der Waals surface area contributed by atoms with E-state index in [0.29, 0.717) is 12.1 Å². The molecule has 1 aliphatic heterocycles. The van der Waals surface area contributed by atoms with Crippen molar-refractivity contribution in [2.24, 2.45) is 5.92 Å². The average molecular weight is 281 g/mol. The summed E-state index contributed by atoms with van der Waals surface area (Å²) in [4.78, 5) is 7.18. The summed E-state index contributed by atoms with van der Waals surface area (Å²) in [5, 5.41) is 7.09. The molecule has 2 atom stereocenters. The van der Waals surface area contributed by atoms with Crippen molar-refractivity contribution >= 4 is 11.3 Å². The minimum atomic E-state index is 0.509. The summed E-state index contributed by atoms with van der Waals surface area (Å²) in [6.45, 7) is 10.4. The fourth-order valence-electron chi connectivity index (χ4n) is 3.03. The first kappa shape index (κ1) is 14.9. The zero-order chi connectivity index (χ0) is 13.7. The van der Waals surface area contributed by atoms with Gasteiger partial charge in [-0.25, -0.2) is 4.98 Å². The molecule has 0 radical (unpaired) electrons. The summed E-state index contributed by atoms with van der Waals surface area (Å²) in [5.41, 5.74) is 0. The van der Waals surface area contributed by atoms with Crippen molar-refractivity contribution in [1.29, 1.82) is 0 Å². The van der Waals surface area contributed by atoms with E-state index in [1.54, 1.807) is 11.3 Å². The molecular formula is C15H27N3S. The van der Waals surface area contributed by atoms with Crippen LogP contribution in [-0.4, -0.2) is 35.6 Å². The molecule has 2 rings (SSSR count). The molecule has 1 saturated heterocycles. The van der Waals surface area contributed by atoms with Gasteiger partial charge >= 0.3 is 0 Å². The van der Waals surface area contributed by atoms with Gasteiger partial charge in [-0.05, 0) is 31.7 Å². The van der Waals surface area contributed by atoms with Crippen LogP contribution in [-0.2, 0) is 0 Å². The highest BCUT2D eigenvalue weighted by Crippen LogP contribution is 2.27. The monoisotopic (exact) mass is 281 g/mol. The van der Waals surface area contributed by atoms with Gasteiger partial charge in [-0.15, -0.1) is 11.3 Å². The van der Waals surface area contributed by atoms with Gasteiger partial charge in [0.2, 0.25) is 0 Å². The highest BCUT2D eigenvalue weighted by Gasteiger charge is 2.25. The van der Waals surface area contributed by atoms with Crippen molar-refractivity contribution < 1.29 is 0 Å². The molecule has 2 unspecified atom stereocenters. The van der Waals surface area contributed by atoms with E-state index in [9.17, 15) is 0 Å². The van der Waals surface area contributed by atoms with Gasteiger partial charge in [0, 0.05) is 30.7 Å². The second-order valence-corrected chi connectivity index (χ2v) is 6.85. The third kappa shape index (κ3) is 4.26. The normalized spacial score (nSPS) is 23.5. The fraction of sp³-hybridized carbons (Fsp3) is 0.800. The average Bonchev–Trinajstić information content (AvgIpc) is 2.78. The Morgan fingerprint density at radius 1 is 1.53 bits per heavy atom. The number of hydrogen-bond donors (Lipinski definition) is 1. The van der Waals surface area contributed by atoms with Crippen LogP contribution in [0.2, 0.25) is 0 Å². The molecule has 4 heteroatoms. The van der Waals surface area contributed by atoms with Gasteiger partial charge < -0.3 is 5.32 Å². The third-order valence-electron chi connectivity index (χ3n) is 3.83. The van der Waals surface area contributed by atoms with Crippen LogP contribution >= 0.6 is 11.3 Å². The molecule has 1 N–H and O–H groups in total. The Balaban J connectivity index is 2.04. The molecule has 1 aromatic heterocycles. The largest absolute Gasteiger partial charge is 0.313 e. The summed E-state index contributed by atoms with van der Waals surface area (Å²) in [5.74, 6) is 0.761. The van der Waals surface area contributed by atoms with Crippen LogP contribution in [0, 0.1) is 5.92 Å². The fourth-order valence-corrected chi connectivity index (χ4v) is 3.88. The highest BCUT2D eigenvalue weighted by atomic mass is 32.1. The third-order valence-corrected chi connectivity index (χ3v) is 4.71. The smallest absolute Gasteiger partial charge is 0.110 e. The first-order chi connectivity index (χ1) is 9.20. The Morgan fingerprint density at radius 2 is 2.37 bits per heavy atom. The molecule has 0 aliphatic carbocycles. The predicted molar refractivity (Wildman–Crippen MR) is 82.6 cm³/mol. The van der Waals surface area contributed by atoms with Crippen molar-refractivity contribution in [3.63, 3.8) is 0 Å². The lowest BCUT2D eigenvalue weighted by molar-refractivity contribution is 0.182. The van der Waals surface area contributed by atoms with Crippen LogP contribution < -0.4 is 5.32 Å². The summed E-state index contributed by atoms with van der Waals surface area (Å²) in [7, 11) is 0. The molecule has 2 heterocycles. The molecule has 3 nitrogen and oxygen atoms in total. The van der Waals surface area contributed by atoms with E-state index in [2.05, 4.69) is 41.4 Å². The van der Waals surface area contributed by atoms with Gasteiger partial charge in [0.25, 0.3) is 0 Å². The zero-order valence-corrected chi connectivity index (χ0v) is 13.2. The first-order valence-electron chi connectivity index (χ1n) is 7.57. The molecule has 0 aromatic carbocycles. The summed E-state index contributed by atoms with van der Waals surface area (Å²) in [6.07, 6.45) is 5.60. The van der Waals surface area contributed by atoms with Crippen LogP contribution in [0.15, 0.2) is 11.6 Å². The molecule has 108 valence electrons. The maximum absolute atomic E-state index is 4.54. The Morgan fingerprint density at radius 3 is 3.00 bits per heavy atom. The molecule has 0 saturated carbocycles. The van der Waals surface area contributed by atoms with E-state index in [4.69, 9.17) is 0 Å². The lowest BCUT2D eigenvalue weighted by Gasteiger charge is -2.31. The van der Waals surface area contributed by atoms with E-state index < -0.39 is 0 Å². The minimum absolute atomic E-state index is 0.509. The molecule has 1 aromatic rings. The SMILES string of the molecule is CCC(c1nccs1)N1CCCNC(CC(C)C)C1. The molecule has 0 bridgehead atoms. The van der Waals surface area contributed by atoms with Crippen molar-refractivity contribution in [3.8, 4) is 0 Å². The first-order valence-corrected chi connectivity index (χ1v) is 8.45. The van der Waals surface area contributed by atoms with E-state index >= 15 is 0 Å². The Hall–Kier alpha value is -0.450. The second-order valence-electron chi connectivity index (χ2n) is 5.92. The van der Waals surface area contributed by atoms with Gasteiger partial charge in [0.05, 0.1) is 6.04 Å². The molecule has 19 heavy (non-hydrogen) atoms. The van der Waals surface area contributed by atoms with Crippen molar-refractivity contribution in [2.75, 3.05) is 19.6 Å². The van der Waals surface area contributed by atoms with Gasteiger partial charge in [-0.1, -0.05) is 20.8 Å². The number of nitrogens with one attached hydrogen (secondary N) is 1. The zero-order valence-electron chi connectivity index (χ0n) is 12.4. The van der Waals surface area contributed by atoms with E-state index in [1.165, 1.54) is 24.4 Å². The molecule has 0 spiro atoms.